The van der Waals surface area contributed by atoms with E-state index in [4.69, 9.17) is 5.73 Å². The van der Waals surface area contributed by atoms with Crippen molar-refractivity contribution in [3.8, 4) is 0 Å². The Morgan fingerprint density at radius 3 is 2.61 bits per heavy atom. The predicted octanol–water partition coefficient (Wildman–Crippen LogP) is 1.39. The normalized spacial score (nSPS) is 23.1. The number of nitrogens with zero attached hydrogens (tertiary/aromatic N) is 3. The van der Waals surface area contributed by atoms with E-state index in [1.54, 1.807) is 0 Å². The zero-order valence-corrected chi connectivity index (χ0v) is 11.0. The van der Waals surface area contributed by atoms with Crippen molar-refractivity contribution in [2.75, 3.05) is 31.1 Å². The van der Waals surface area contributed by atoms with Gasteiger partial charge in [0.05, 0.1) is 0 Å². The van der Waals surface area contributed by atoms with Crippen molar-refractivity contribution in [1.29, 1.82) is 0 Å². The van der Waals surface area contributed by atoms with Crippen LogP contribution in [0.1, 0.15) is 31.4 Å². The molecular weight excluding hydrogens is 224 g/mol. The van der Waals surface area contributed by atoms with Gasteiger partial charge in [0.15, 0.2) is 0 Å². The van der Waals surface area contributed by atoms with Gasteiger partial charge in [-0.05, 0) is 37.5 Å². The van der Waals surface area contributed by atoms with Gasteiger partial charge in [0.1, 0.15) is 5.82 Å². The van der Waals surface area contributed by atoms with Gasteiger partial charge < -0.3 is 10.6 Å². The van der Waals surface area contributed by atoms with E-state index >= 15 is 0 Å². The van der Waals surface area contributed by atoms with Crippen molar-refractivity contribution in [1.82, 2.24) is 9.88 Å². The van der Waals surface area contributed by atoms with Gasteiger partial charge in [-0.25, -0.2) is 4.98 Å². The fraction of sp³-hybridized carbons (Fsp3) is 0.643. The SMILES string of the molecule is C[C@@H](N)c1ccnc(N2CCN(C3CC3)CC2)c1. The largest absolute Gasteiger partial charge is 0.354 e. The average molecular weight is 246 g/mol. The van der Waals surface area contributed by atoms with Gasteiger partial charge in [0.2, 0.25) is 0 Å². The van der Waals surface area contributed by atoms with Crippen LogP contribution in [0.15, 0.2) is 18.3 Å². The number of anilines is 1. The molecule has 1 saturated carbocycles. The summed E-state index contributed by atoms with van der Waals surface area (Å²) < 4.78 is 0. The predicted molar refractivity (Wildman–Crippen MR) is 73.6 cm³/mol. The first kappa shape index (κ1) is 11.9. The van der Waals surface area contributed by atoms with E-state index in [-0.39, 0.29) is 6.04 Å². The summed E-state index contributed by atoms with van der Waals surface area (Å²) in [7, 11) is 0. The maximum Gasteiger partial charge on any atom is 0.128 e. The molecule has 0 amide bonds. The number of piperazine rings is 1. The molecule has 0 aromatic carbocycles. The molecule has 2 aliphatic rings. The van der Waals surface area contributed by atoms with E-state index in [0.717, 1.165) is 24.9 Å². The van der Waals surface area contributed by atoms with Gasteiger partial charge in [0.25, 0.3) is 0 Å². The molecule has 1 aliphatic carbocycles. The van der Waals surface area contributed by atoms with Crippen LogP contribution in [-0.2, 0) is 0 Å². The highest BCUT2D eigenvalue weighted by Gasteiger charge is 2.31. The molecule has 2 heterocycles. The first-order valence-corrected chi connectivity index (χ1v) is 6.94. The van der Waals surface area contributed by atoms with Crippen LogP contribution in [-0.4, -0.2) is 42.1 Å². The second-order valence-corrected chi connectivity index (χ2v) is 5.49. The third kappa shape index (κ3) is 2.49. The molecule has 1 aromatic rings. The number of pyridine rings is 1. The number of aromatic nitrogens is 1. The monoisotopic (exact) mass is 246 g/mol. The second-order valence-electron chi connectivity index (χ2n) is 5.49. The maximum atomic E-state index is 5.93. The topological polar surface area (TPSA) is 45.4 Å². The molecule has 3 rings (SSSR count). The van der Waals surface area contributed by atoms with Crippen molar-refractivity contribution < 1.29 is 0 Å². The Hall–Kier alpha value is -1.13. The van der Waals surface area contributed by atoms with Crippen LogP contribution in [0, 0.1) is 0 Å². The van der Waals surface area contributed by atoms with Gasteiger partial charge in [-0.1, -0.05) is 0 Å². The third-order valence-electron chi connectivity index (χ3n) is 4.00. The maximum absolute atomic E-state index is 5.93. The number of hydrogen-bond donors (Lipinski definition) is 1. The standard InChI is InChI=1S/C14H22N4/c1-11(15)12-4-5-16-14(10-12)18-8-6-17(7-9-18)13-2-3-13/h4-5,10-11,13H,2-3,6-9,15H2,1H3/t11-/m1/s1. The molecule has 18 heavy (non-hydrogen) atoms. The van der Waals surface area contributed by atoms with Gasteiger partial charge in [0, 0.05) is 44.5 Å². The highest BCUT2D eigenvalue weighted by Crippen LogP contribution is 2.28. The lowest BCUT2D eigenvalue weighted by atomic mass is 10.1. The molecule has 0 bridgehead atoms. The molecule has 1 aromatic heterocycles. The first-order chi connectivity index (χ1) is 8.74. The molecular formula is C14H22N4. The Kier molecular flexibility index (Phi) is 3.22. The van der Waals surface area contributed by atoms with Crippen LogP contribution in [0.25, 0.3) is 0 Å². The summed E-state index contributed by atoms with van der Waals surface area (Å²) in [6.07, 6.45) is 4.68. The highest BCUT2D eigenvalue weighted by molar-refractivity contribution is 5.42. The zero-order chi connectivity index (χ0) is 12.5. The van der Waals surface area contributed by atoms with Crippen molar-refractivity contribution in [2.24, 2.45) is 5.73 Å². The summed E-state index contributed by atoms with van der Waals surface area (Å²) in [5.41, 5.74) is 7.10. The lowest BCUT2D eigenvalue weighted by molar-refractivity contribution is 0.247. The molecule has 1 saturated heterocycles. The Balaban J connectivity index is 1.66. The summed E-state index contributed by atoms with van der Waals surface area (Å²) >= 11 is 0. The van der Waals surface area contributed by atoms with Crippen molar-refractivity contribution in [3.63, 3.8) is 0 Å². The van der Waals surface area contributed by atoms with Crippen molar-refractivity contribution >= 4 is 5.82 Å². The Morgan fingerprint density at radius 2 is 2.00 bits per heavy atom. The van der Waals surface area contributed by atoms with E-state index in [2.05, 4.69) is 20.9 Å². The van der Waals surface area contributed by atoms with Crippen LogP contribution >= 0.6 is 0 Å². The molecule has 2 N–H and O–H groups in total. The summed E-state index contributed by atoms with van der Waals surface area (Å²) in [6, 6.07) is 5.11. The Bertz CT molecular complexity index is 406. The van der Waals surface area contributed by atoms with Gasteiger partial charge in [-0.15, -0.1) is 0 Å². The van der Waals surface area contributed by atoms with E-state index in [1.807, 2.05) is 19.2 Å². The third-order valence-corrected chi connectivity index (χ3v) is 4.00. The van der Waals surface area contributed by atoms with Crippen LogP contribution in [0.5, 0.6) is 0 Å². The molecule has 0 spiro atoms. The van der Waals surface area contributed by atoms with Gasteiger partial charge in [-0.2, -0.15) is 0 Å². The molecule has 0 radical (unpaired) electrons. The minimum absolute atomic E-state index is 0.0829. The van der Waals surface area contributed by atoms with E-state index in [9.17, 15) is 0 Å². The summed E-state index contributed by atoms with van der Waals surface area (Å²) in [6.45, 7) is 6.55. The summed E-state index contributed by atoms with van der Waals surface area (Å²) in [4.78, 5) is 9.48. The molecule has 98 valence electrons. The zero-order valence-electron chi connectivity index (χ0n) is 11.0. The van der Waals surface area contributed by atoms with Crippen LogP contribution in [0.3, 0.4) is 0 Å². The Morgan fingerprint density at radius 1 is 1.28 bits per heavy atom. The smallest absolute Gasteiger partial charge is 0.128 e. The number of nitrogens with two attached hydrogens (primary N) is 1. The van der Waals surface area contributed by atoms with E-state index in [1.165, 1.54) is 31.5 Å². The van der Waals surface area contributed by atoms with Crippen LogP contribution in [0.2, 0.25) is 0 Å². The molecule has 4 nitrogen and oxygen atoms in total. The average Bonchev–Trinajstić information content (AvgIpc) is 3.23. The highest BCUT2D eigenvalue weighted by atomic mass is 15.3. The Labute approximate surface area is 109 Å². The van der Waals surface area contributed by atoms with Crippen LogP contribution < -0.4 is 10.6 Å². The van der Waals surface area contributed by atoms with Crippen LogP contribution in [0.4, 0.5) is 5.82 Å². The molecule has 1 aliphatic heterocycles. The summed E-state index contributed by atoms with van der Waals surface area (Å²) in [5, 5.41) is 0. The number of hydrogen-bond acceptors (Lipinski definition) is 4. The minimum atomic E-state index is 0.0829. The lowest BCUT2D eigenvalue weighted by Gasteiger charge is -2.35. The molecule has 1 atom stereocenters. The van der Waals surface area contributed by atoms with Crippen molar-refractivity contribution in [2.45, 2.75) is 31.8 Å². The van der Waals surface area contributed by atoms with Gasteiger partial charge >= 0.3 is 0 Å². The first-order valence-electron chi connectivity index (χ1n) is 6.94. The molecule has 4 heteroatoms. The quantitative estimate of drug-likeness (QED) is 0.875. The fourth-order valence-electron chi connectivity index (χ4n) is 2.65. The summed E-state index contributed by atoms with van der Waals surface area (Å²) in [5.74, 6) is 1.08. The van der Waals surface area contributed by atoms with E-state index in [0.29, 0.717) is 0 Å². The second kappa shape index (κ2) is 4.86. The van der Waals surface area contributed by atoms with E-state index < -0.39 is 0 Å². The molecule has 2 fully saturated rings. The van der Waals surface area contributed by atoms with Gasteiger partial charge in [-0.3, -0.25) is 4.90 Å². The minimum Gasteiger partial charge on any atom is -0.354 e. The number of rotatable bonds is 3. The molecule has 0 unspecified atom stereocenters. The van der Waals surface area contributed by atoms with Crippen molar-refractivity contribution in [3.05, 3.63) is 23.9 Å². The lowest BCUT2D eigenvalue weighted by Crippen LogP contribution is -2.47. The fourth-order valence-corrected chi connectivity index (χ4v) is 2.65.